The second-order valence-electron chi connectivity index (χ2n) is 3.22. The summed E-state index contributed by atoms with van der Waals surface area (Å²) >= 11 is 0. The van der Waals surface area contributed by atoms with Crippen molar-refractivity contribution in [2.45, 2.75) is 0 Å². The molecule has 0 spiro atoms. The zero-order valence-corrected chi connectivity index (χ0v) is 10.6. The van der Waals surface area contributed by atoms with Crippen LogP contribution in [0.15, 0.2) is 35.3 Å². The lowest BCUT2D eigenvalue weighted by molar-refractivity contribution is -0.742. The fourth-order valence-electron chi connectivity index (χ4n) is 1.18. The van der Waals surface area contributed by atoms with Crippen molar-refractivity contribution in [3.05, 3.63) is 40.4 Å². The third kappa shape index (κ3) is 7.15. The highest BCUT2D eigenvalue weighted by Gasteiger charge is 2.07. The van der Waals surface area contributed by atoms with Crippen molar-refractivity contribution in [1.82, 2.24) is 5.32 Å². The van der Waals surface area contributed by atoms with Crippen LogP contribution in [0, 0.1) is 15.5 Å². The minimum atomic E-state index is -1.50. The summed E-state index contributed by atoms with van der Waals surface area (Å²) < 4.78 is 0. The number of benzene rings is 1. The van der Waals surface area contributed by atoms with Gasteiger partial charge in [0.1, 0.15) is 0 Å². The van der Waals surface area contributed by atoms with E-state index in [1.165, 1.54) is 0 Å². The van der Waals surface area contributed by atoms with Crippen molar-refractivity contribution in [3.8, 4) is 0 Å². The van der Waals surface area contributed by atoms with Crippen molar-refractivity contribution < 1.29 is 10.3 Å². The van der Waals surface area contributed by atoms with E-state index in [1.807, 2.05) is 42.3 Å². The van der Waals surface area contributed by atoms with Gasteiger partial charge in [0.05, 0.1) is 0 Å². The van der Waals surface area contributed by atoms with Gasteiger partial charge in [-0.2, -0.15) is 0 Å². The molecule has 1 aromatic carbocycles. The largest absolute Gasteiger partial charge is 0.370 e. The predicted octanol–water partition coefficient (Wildman–Crippen LogP) is 0.244. The molecule has 0 saturated carbocycles. The molecule has 0 atom stereocenters. The van der Waals surface area contributed by atoms with Crippen LogP contribution < -0.4 is 16.0 Å². The first kappa shape index (κ1) is 16.2. The quantitative estimate of drug-likeness (QED) is 0.249. The molecule has 0 saturated heterocycles. The molecule has 9 heteroatoms. The van der Waals surface area contributed by atoms with E-state index in [9.17, 15) is 0 Å². The van der Waals surface area contributed by atoms with Gasteiger partial charge in [-0.05, 0) is 12.1 Å². The van der Waals surface area contributed by atoms with E-state index in [-0.39, 0.29) is 5.96 Å². The number of nitrogens with zero attached hydrogens (tertiary/aromatic N) is 3. The average Bonchev–Trinajstić information content (AvgIpc) is 2.35. The lowest BCUT2D eigenvalue weighted by Gasteiger charge is -2.21. The zero-order chi connectivity index (χ0) is 14.8. The van der Waals surface area contributed by atoms with Gasteiger partial charge in [0, 0.05) is 19.8 Å². The number of nitrogens with two attached hydrogens (primary N) is 1. The lowest BCUT2D eigenvalue weighted by Crippen LogP contribution is -2.45. The summed E-state index contributed by atoms with van der Waals surface area (Å²) in [6, 6.07) is 9.72. The highest BCUT2D eigenvalue weighted by molar-refractivity contribution is 6.04. The molecule has 0 radical (unpaired) electrons. The van der Waals surface area contributed by atoms with Gasteiger partial charge in [0.2, 0.25) is 5.96 Å². The number of hydrogen-bond donors (Lipinski definition) is 4. The summed E-state index contributed by atoms with van der Waals surface area (Å²) in [5, 5.41) is 23.4. The molecule has 19 heavy (non-hydrogen) atoms. The van der Waals surface area contributed by atoms with Crippen LogP contribution in [0.3, 0.4) is 0 Å². The molecule has 0 amide bonds. The maximum absolute atomic E-state index is 8.36. The van der Waals surface area contributed by atoms with Gasteiger partial charge in [0.15, 0.2) is 5.96 Å². The van der Waals surface area contributed by atoms with Crippen LogP contribution in [0.4, 0.5) is 5.69 Å². The van der Waals surface area contributed by atoms with Crippen molar-refractivity contribution in [2.75, 3.05) is 19.0 Å². The van der Waals surface area contributed by atoms with Crippen LogP contribution >= 0.6 is 0 Å². The highest BCUT2D eigenvalue weighted by Crippen LogP contribution is 2.10. The molecule has 0 aromatic heterocycles. The third-order valence-corrected chi connectivity index (χ3v) is 1.92. The molecule has 104 valence electrons. The monoisotopic (exact) mass is 268 g/mol. The minimum absolute atomic E-state index is 0.126. The SMILES string of the molecule is C/N=C(/NC(=N)N)N(C)c1ccccc1.O=[N+]([O-])O. The Bertz CT molecular complexity index is 444. The summed E-state index contributed by atoms with van der Waals surface area (Å²) in [5.41, 5.74) is 6.23. The van der Waals surface area contributed by atoms with E-state index >= 15 is 0 Å². The number of aliphatic imine (C=N–C) groups is 1. The van der Waals surface area contributed by atoms with E-state index in [1.54, 1.807) is 7.05 Å². The minimum Gasteiger partial charge on any atom is -0.370 e. The summed E-state index contributed by atoms with van der Waals surface area (Å²) in [5.74, 6) is 0.409. The zero-order valence-electron chi connectivity index (χ0n) is 10.6. The molecule has 0 heterocycles. The van der Waals surface area contributed by atoms with Gasteiger partial charge < -0.3 is 15.8 Å². The Hall–Kier alpha value is -2.84. The molecule has 5 N–H and O–H groups in total. The molecule has 9 nitrogen and oxygen atoms in total. The second-order valence-corrected chi connectivity index (χ2v) is 3.22. The molecule has 0 aliphatic rings. The molecule has 0 fully saturated rings. The summed E-state index contributed by atoms with van der Waals surface area (Å²) in [4.78, 5) is 14.2. The smallest absolute Gasteiger partial charge is 0.291 e. The van der Waals surface area contributed by atoms with E-state index in [0.29, 0.717) is 5.96 Å². The molecule has 0 unspecified atom stereocenters. The average molecular weight is 268 g/mol. The topological polar surface area (TPSA) is 141 Å². The Labute approximate surface area is 110 Å². The Balaban J connectivity index is 0.000000711. The summed E-state index contributed by atoms with van der Waals surface area (Å²) in [7, 11) is 3.50. The van der Waals surface area contributed by atoms with Crippen LogP contribution in [-0.4, -0.2) is 36.3 Å². The van der Waals surface area contributed by atoms with Gasteiger partial charge in [-0.3, -0.25) is 15.7 Å². The van der Waals surface area contributed by atoms with Gasteiger partial charge >= 0.3 is 0 Å². The maximum Gasteiger partial charge on any atom is 0.291 e. The number of hydrogen-bond acceptors (Lipinski definition) is 4. The first-order valence-corrected chi connectivity index (χ1v) is 5.08. The van der Waals surface area contributed by atoms with Gasteiger partial charge in [-0.15, -0.1) is 10.1 Å². The van der Waals surface area contributed by atoms with Crippen molar-refractivity contribution in [3.63, 3.8) is 0 Å². The fourth-order valence-corrected chi connectivity index (χ4v) is 1.18. The number of para-hydroxylation sites is 1. The molecular weight excluding hydrogens is 252 g/mol. The van der Waals surface area contributed by atoms with Crippen LogP contribution in [0.25, 0.3) is 0 Å². The van der Waals surface area contributed by atoms with Gasteiger partial charge in [0.25, 0.3) is 5.09 Å². The van der Waals surface area contributed by atoms with Crippen LogP contribution in [0.1, 0.15) is 0 Å². The molecule has 0 aliphatic heterocycles. The van der Waals surface area contributed by atoms with Crippen LogP contribution in [0.2, 0.25) is 0 Å². The van der Waals surface area contributed by atoms with Crippen LogP contribution in [0.5, 0.6) is 0 Å². The van der Waals surface area contributed by atoms with Crippen molar-refractivity contribution >= 4 is 17.6 Å². The van der Waals surface area contributed by atoms with E-state index in [2.05, 4.69) is 10.3 Å². The first-order valence-electron chi connectivity index (χ1n) is 5.08. The van der Waals surface area contributed by atoms with Crippen molar-refractivity contribution in [2.24, 2.45) is 10.7 Å². The first-order chi connectivity index (χ1) is 8.88. The second kappa shape index (κ2) is 8.28. The third-order valence-electron chi connectivity index (χ3n) is 1.92. The Morgan fingerprint density at radius 3 is 2.37 bits per heavy atom. The number of guanidine groups is 2. The summed E-state index contributed by atoms with van der Waals surface area (Å²) in [6.07, 6.45) is 0. The lowest BCUT2D eigenvalue weighted by atomic mass is 10.3. The highest BCUT2D eigenvalue weighted by atomic mass is 16.9. The molecule has 0 bridgehead atoms. The fraction of sp³-hybridized carbons (Fsp3) is 0.200. The normalized spacial score (nSPS) is 9.89. The molecule has 0 aliphatic carbocycles. The molecule has 1 rings (SSSR count). The number of anilines is 1. The Morgan fingerprint density at radius 1 is 1.53 bits per heavy atom. The van der Waals surface area contributed by atoms with Crippen LogP contribution in [-0.2, 0) is 0 Å². The predicted molar refractivity (Wildman–Crippen MR) is 72.0 cm³/mol. The van der Waals surface area contributed by atoms with Gasteiger partial charge in [-0.25, -0.2) is 0 Å². The standard InChI is InChI=1S/C10H15N5.HNO3/c1-13-10(14-9(11)12)15(2)8-6-4-3-5-7-8;2-1(3)4/h3-7H,1-2H3,(H4,11,12,13,14);(H,2,3,4). The maximum atomic E-state index is 8.36. The Kier molecular flexibility index (Phi) is 7.04. The van der Waals surface area contributed by atoms with E-state index in [4.69, 9.17) is 26.5 Å². The number of rotatable bonds is 1. The molecular formula is C10H16N6O3. The summed E-state index contributed by atoms with van der Waals surface area (Å²) in [6.45, 7) is 0. The van der Waals surface area contributed by atoms with E-state index in [0.717, 1.165) is 5.69 Å². The Morgan fingerprint density at radius 2 is 2.00 bits per heavy atom. The molecule has 1 aromatic rings. The van der Waals surface area contributed by atoms with Gasteiger partial charge in [-0.1, -0.05) is 18.2 Å². The van der Waals surface area contributed by atoms with E-state index < -0.39 is 5.09 Å². The van der Waals surface area contributed by atoms with Crippen molar-refractivity contribution in [1.29, 1.82) is 5.41 Å². The number of nitrogens with one attached hydrogen (secondary N) is 2.